The van der Waals surface area contributed by atoms with E-state index in [1.54, 1.807) is 24.3 Å². The Kier molecular flexibility index (Phi) is 5.34. The Hall–Kier alpha value is -3.36. The van der Waals surface area contributed by atoms with Crippen molar-refractivity contribution in [3.63, 3.8) is 0 Å². The van der Waals surface area contributed by atoms with Crippen molar-refractivity contribution in [3.8, 4) is 0 Å². The molecule has 144 valence electrons. The van der Waals surface area contributed by atoms with Crippen LogP contribution in [0.15, 0.2) is 51.7 Å². The predicted octanol–water partition coefficient (Wildman–Crippen LogP) is 1.41. The number of anilines is 1. The van der Waals surface area contributed by atoms with E-state index >= 15 is 0 Å². The van der Waals surface area contributed by atoms with Crippen LogP contribution in [0, 0.1) is 5.82 Å². The topological polar surface area (TPSA) is 142 Å². The minimum atomic E-state index is -1.34. The summed E-state index contributed by atoms with van der Waals surface area (Å²) in [6.07, 6.45) is 0.186. The van der Waals surface area contributed by atoms with Crippen molar-refractivity contribution in [2.24, 2.45) is 11.5 Å². The molecule has 7 nitrogen and oxygen atoms in total. The summed E-state index contributed by atoms with van der Waals surface area (Å²) < 4.78 is 19.0. The van der Waals surface area contributed by atoms with Crippen LogP contribution in [-0.2, 0) is 6.42 Å². The Morgan fingerprint density at radius 3 is 2.43 bits per heavy atom. The number of hydrogen-bond donors (Lipinski definition) is 3. The number of benzene rings is 2. The molecule has 0 aliphatic rings. The first-order valence-corrected chi connectivity index (χ1v) is 8.47. The van der Waals surface area contributed by atoms with Crippen molar-refractivity contribution in [1.29, 1.82) is 0 Å². The Balaban J connectivity index is 2.21. The molecule has 1 aromatic heterocycles. The molecule has 8 heteroatoms. The smallest absolute Gasteiger partial charge is 0.374 e. The highest BCUT2D eigenvalue weighted by Crippen LogP contribution is 2.30. The average molecular weight is 383 g/mol. The maximum absolute atomic E-state index is 14.1. The molecule has 2 aromatic carbocycles. The lowest BCUT2D eigenvalue weighted by atomic mass is 9.90. The van der Waals surface area contributed by atoms with Crippen LogP contribution in [0.5, 0.6) is 0 Å². The maximum Gasteiger partial charge on any atom is 0.374 e. The van der Waals surface area contributed by atoms with Gasteiger partial charge in [0.15, 0.2) is 11.6 Å². The van der Waals surface area contributed by atoms with Gasteiger partial charge in [0.25, 0.3) is 0 Å². The van der Waals surface area contributed by atoms with Gasteiger partial charge in [0.1, 0.15) is 5.58 Å². The molecule has 3 rings (SSSR count). The molecular weight excluding hydrogens is 365 g/mol. The lowest BCUT2D eigenvalue weighted by molar-refractivity contribution is 0.0944. The van der Waals surface area contributed by atoms with E-state index in [4.69, 9.17) is 21.6 Å². The quantitative estimate of drug-likeness (QED) is 0.431. The van der Waals surface area contributed by atoms with E-state index in [-0.39, 0.29) is 35.1 Å². The number of nitrogens with two attached hydrogens (primary N) is 3. The highest BCUT2D eigenvalue weighted by atomic mass is 19.1. The van der Waals surface area contributed by atoms with Crippen molar-refractivity contribution in [1.82, 2.24) is 0 Å². The summed E-state index contributed by atoms with van der Waals surface area (Å²) >= 11 is 0. The Bertz CT molecular complexity index is 1130. The van der Waals surface area contributed by atoms with Crippen LogP contribution in [0.1, 0.15) is 26.3 Å². The number of rotatable bonds is 6. The summed E-state index contributed by atoms with van der Waals surface area (Å²) in [7, 11) is 0. The molecule has 0 aliphatic heterocycles. The monoisotopic (exact) mass is 383 g/mol. The molecule has 0 fully saturated rings. The summed E-state index contributed by atoms with van der Waals surface area (Å²) in [4.78, 5) is 37.0. The molecule has 1 heterocycles. The summed E-state index contributed by atoms with van der Waals surface area (Å²) in [6.45, 7) is -0.376. The minimum Gasteiger partial charge on any atom is -0.420 e. The second-order valence-electron chi connectivity index (χ2n) is 6.27. The van der Waals surface area contributed by atoms with Crippen LogP contribution in [0.4, 0.5) is 10.1 Å². The molecule has 0 amide bonds. The van der Waals surface area contributed by atoms with Gasteiger partial charge in [0, 0.05) is 11.1 Å². The second kappa shape index (κ2) is 7.71. The highest BCUT2D eigenvalue weighted by Gasteiger charge is 2.27. The van der Waals surface area contributed by atoms with Crippen molar-refractivity contribution >= 4 is 28.2 Å². The zero-order chi connectivity index (χ0) is 20.4. The number of halogens is 1. The van der Waals surface area contributed by atoms with E-state index in [1.165, 1.54) is 12.1 Å². The lowest BCUT2D eigenvalue weighted by Gasteiger charge is -2.16. The fourth-order valence-corrected chi connectivity index (χ4v) is 3.04. The summed E-state index contributed by atoms with van der Waals surface area (Å²) in [5, 5.41) is -0.162. The van der Waals surface area contributed by atoms with Crippen LogP contribution in [0.25, 0.3) is 11.0 Å². The largest absolute Gasteiger partial charge is 0.420 e. The summed E-state index contributed by atoms with van der Waals surface area (Å²) in [5.74, 6) is -2.52. The zero-order valence-corrected chi connectivity index (χ0v) is 14.8. The van der Waals surface area contributed by atoms with Crippen LogP contribution < -0.4 is 22.8 Å². The van der Waals surface area contributed by atoms with Crippen molar-refractivity contribution < 1.29 is 18.4 Å². The zero-order valence-electron chi connectivity index (χ0n) is 14.8. The van der Waals surface area contributed by atoms with E-state index < -0.39 is 34.7 Å². The molecule has 0 saturated carbocycles. The van der Waals surface area contributed by atoms with Gasteiger partial charge < -0.3 is 21.6 Å². The second-order valence-corrected chi connectivity index (χ2v) is 6.27. The van der Waals surface area contributed by atoms with Gasteiger partial charge in [0.2, 0.25) is 5.82 Å². The standard InChI is InChI=1S/C20H18FN3O4/c21-17-18(24)16-14(28-20(17)27)7-6-11(13(25)9-22)15(16)19(26)12(23)8-10-4-2-1-3-5-10/h1-7,12H,8-9,22-24H2. The van der Waals surface area contributed by atoms with Crippen LogP contribution in [0.3, 0.4) is 0 Å². The SMILES string of the molecule is NCC(=O)c1ccc2oc(=O)c(F)c(N)c2c1C(=O)C(N)Cc1ccccc1. The van der Waals surface area contributed by atoms with E-state index in [2.05, 4.69) is 0 Å². The average Bonchev–Trinajstić information content (AvgIpc) is 2.70. The van der Waals surface area contributed by atoms with Gasteiger partial charge >= 0.3 is 5.63 Å². The number of Topliss-reactive ketones (excluding diaryl/α,β-unsaturated/α-hetero) is 2. The van der Waals surface area contributed by atoms with Gasteiger partial charge in [0.05, 0.1) is 23.7 Å². The van der Waals surface area contributed by atoms with E-state index in [0.717, 1.165) is 5.56 Å². The van der Waals surface area contributed by atoms with Crippen LogP contribution >= 0.6 is 0 Å². The van der Waals surface area contributed by atoms with Gasteiger partial charge in [-0.1, -0.05) is 30.3 Å². The molecule has 28 heavy (non-hydrogen) atoms. The first-order valence-electron chi connectivity index (χ1n) is 8.47. The molecule has 3 aromatic rings. The normalized spacial score (nSPS) is 12.1. The van der Waals surface area contributed by atoms with E-state index in [0.29, 0.717) is 0 Å². The first kappa shape index (κ1) is 19.4. The Labute approximate surface area is 158 Å². The van der Waals surface area contributed by atoms with E-state index in [1.807, 2.05) is 6.07 Å². The van der Waals surface area contributed by atoms with Gasteiger partial charge in [-0.05, 0) is 24.1 Å². The molecule has 0 saturated heterocycles. The third-order valence-electron chi connectivity index (χ3n) is 4.42. The van der Waals surface area contributed by atoms with Crippen LogP contribution in [-0.4, -0.2) is 24.2 Å². The third kappa shape index (κ3) is 3.42. The summed E-state index contributed by atoms with van der Waals surface area (Å²) in [6, 6.07) is 10.6. The van der Waals surface area contributed by atoms with E-state index in [9.17, 15) is 18.8 Å². The number of hydrogen-bond acceptors (Lipinski definition) is 7. The Morgan fingerprint density at radius 1 is 1.11 bits per heavy atom. The summed E-state index contributed by atoms with van der Waals surface area (Å²) in [5.41, 5.74) is 15.9. The molecule has 6 N–H and O–H groups in total. The van der Waals surface area contributed by atoms with Gasteiger partial charge in [-0.2, -0.15) is 4.39 Å². The third-order valence-corrected chi connectivity index (χ3v) is 4.42. The molecule has 0 bridgehead atoms. The lowest BCUT2D eigenvalue weighted by Crippen LogP contribution is -2.34. The van der Waals surface area contributed by atoms with Crippen molar-refractivity contribution in [3.05, 3.63) is 75.4 Å². The number of carbonyl (C=O) groups excluding carboxylic acids is 2. The number of carbonyl (C=O) groups is 2. The number of fused-ring (bicyclic) bond motifs is 1. The number of nitrogen functional groups attached to an aromatic ring is 1. The Morgan fingerprint density at radius 2 is 1.79 bits per heavy atom. The van der Waals surface area contributed by atoms with Gasteiger partial charge in [-0.15, -0.1) is 0 Å². The van der Waals surface area contributed by atoms with Gasteiger partial charge in [-0.25, -0.2) is 4.79 Å². The molecule has 0 aliphatic carbocycles. The maximum atomic E-state index is 14.1. The fraction of sp³-hybridized carbons (Fsp3) is 0.150. The molecule has 0 spiro atoms. The molecule has 1 atom stereocenters. The number of ketones is 2. The fourth-order valence-electron chi connectivity index (χ4n) is 3.04. The first-order chi connectivity index (χ1) is 13.3. The highest BCUT2D eigenvalue weighted by molar-refractivity contribution is 6.20. The molecular formula is C20H18FN3O4. The molecule has 0 radical (unpaired) electrons. The van der Waals surface area contributed by atoms with Crippen molar-refractivity contribution in [2.45, 2.75) is 12.5 Å². The van der Waals surface area contributed by atoms with Crippen LogP contribution in [0.2, 0.25) is 0 Å². The van der Waals surface area contributed by atoms with Crippen molar-refractivity contribution in [2.75, 3.05) is 12.3 Å². The minimum absolute atomic E-state index is 0.0524. The predicted molar refractivity (Wildman–Crippen MR) is 103 cm³/mol. The van der Waals surface area contributed by atoms with Gasteiger partial charge in [-0.3, -0.25) is 9.59 Å². The molecule has 1 unspecified atom stereocenters.